The molecule has 0 aromatic carbocycles. The Kier molecular flexibility index (Phi) is 5.08. The van der Waals surface area contributed by atoms with Gasteiger partial charge in [0, 0.05) is 18.6 Å². The summed E-state index contributed by atoms with van der Waals surface area (Å²) >= 11 is 0. The number of hydrogen-bond acceptors (Lipinski definition) is 3. The van der Waals surface area contributed by atoms with Gasteiger partial charge in [-0.05, 0) is 25.2 Å². The maximum atomic E-state index is 12.8. The molecule has 2 fully saturated rings. The largest absolute Gasteiger partial charge is 0.381 e. The van der Waals surface area contributed by atoms with E-state index >= 15 is 0 Å². The van der Waals surface area contributed by atoms with Crippen LogP contribution in [0.2, 0.25) is 0 Å². The molecule has 0 radical (unpaired) electrons. The van der Waals surface area contributed by atoms with Gasteiger partial charge in [0.15, 0.2) is 0 Å². The van der Waals surface area contributed by atoms with Crippen molar-refractivity contribution in [3.05, 3.63) is 0 Å². The molecular formula is C16H30N2O2. The first-order valence-electron chi connectivity index (χ1n) is 8.13. The zero-order valence-corrected chi connectivity index (χ0v) is 13.6. The molecule has 116 valence electrons. The van der Waals surface area contributed by atoms with Crippen molar-refractivity contribution >= 4 is 5.91 Å². The van der Waals surface area contributed by atoms with Gasteiger partial charge in [-0.3, -0.25) is 10.1 Å². The summed E-state index contributed by atoms with van der Waals surface area (Å²) in [5.41, 5.74) is 0. The van der Waals surface area contributed by atoms with Crippen molar-refractivity contribution in [3.63, 3.8) is 0 Å². The second-order valence-corrected chi connectivity index (χ2v) is 6.83. The SMILES string of the molecule is CCC(C)C1NC(C(C)C)N(C(C)C2CCOC2)C1=O. The minimum absolute atomic E-state index is 0.0165. The van der Waals surface area contributed by atoms with Crippen LogP contribution < -0.4 is 5.32 Å². The van der Waals surface area contributed by atoms with Crippen LogP contribution in [-0.4, -0.2) is 42.3 Å². The fourth-order valence-corrected chi connectivity index (χ4v) is 3.40. The molecule has 2 aliphatic heterocycles. The summed E-state index contributed by atoms with van der Waals surface area (Å²) in [5, 5.41) is 3.58. The Labute approximate surface area is 123 Å². The van der Waals surface area contributed by atoms with Gasteiger partial charge in [0.1, 0.15) is 0 Å². The van der Waals surface area contributed by atoms with Crippen LogP contribution in [0.15, 0.2) is 0 Å². The molecule has 4 heteroatoms. The lowest BCUT2D eigenvalue weighted by Gasteiger charge is -2.35. The summed E-state index contributed by atoms with van der Waals surface area (Å²) in [6.45, 7) is 12.5. The van der Waals surface area contributed by atoms with Crippen molar-refractivity contribution in [2.45, 2.75) is 65.7 Å². The molecule has 0 saturated carbocycles. The van der Waals surface area contributed by atoms with Crippen LogP contribution >= 0.6 is 0 Å². The van der Waals surface area contributed by atoms with Gasteiger partial charge in [-0.1, -0.05) is 34.1 Å². The summed E-state index contributed by atoms with van der Waals surface area (Å²) in [5.74, 6) is 1.59. The number of nitrogens with one attached hydrogen (secondary N) is 1. The van der Waals surface area contributed by atoms with E-state index in [1.807, 2.05) is 0 Å². The van der Waals surface area contributed by atoms with E-state index in [1.54, 1.807) is 0 Å². The van der Waals surface area contributed by atoms with Gasteiger partial charge in [0.25, 0.3) is 0 Å². The number of rotatable bonds is 5. The quantitative estimate of drug-likeness (QED) is 0.841. The van der Waals surface area contributed by atoms with Crippen molar-refractivity contribution in [2.75, 3.05) is 13.2 Å². The van der Waals surface area contributed by atoms with Crippen LogP contribution in [0, 0.1) is 17.8 Å². The van der Waals surface area contributed by atoms with Gasteiger partial charge in [-0.2, -0.15) is 0 Å². The fraction of sp³-hybridized carbons (Fsp3) is 0.938. The number of carbonyl (C=O) groups is 1. The highest BCUT2D eigenvalue weighted by molar-refractivity contribution is 5.85. The van der Waals surface area contributed by atoms with Crippen LogP contribution in [-0.2, 0) is 9.53 Å². The van der Waals surface area contributed by atoms with Crippen molar-refractivity contribution in [1.29, 1.82) is 0 Å². The smallest absolute Gasteiger partial charge is 0.241 e. The maximum absolute atomic E-state index is 12.8. The number of nitrogens with zero attached hydrogens (tertiary/aromatic N) is 1. The Morgan fingerprint density at radius 3 is 2.55 bits per heavy atom. The zero-order chi connectivity index (χ0) is 14.9. The van der Waals surface area contributed by atoms with E-state index < -0.39 is 0 Å². The fourth-order valence-electron chi connectivity index (χ4n) is 3.40. The van der Waals surface area contributed by atoms with Gasteiger partial charge in [-0.25, -0.2) is 0 Å². The van der Waals surface area contributed by atoms with Gasteiger partial charge >= 0.3 is 0 Å². The van der Waals surface area contributed by atoms with Gasteiger partial charge < -0.3 is 9.64 Å². The van der Waals surface area contributed by atoms with E-state index in [4.69, 9.17) is 4.74 Å². The summed E-state index contributed by atoms with van der Waals surface area (Å²) < 4.78 is 5.51. The highest BCUT2D eigenvalue weighted by Crippen LogP contribution is 2.30. The van der Waals surface area contributed by atoms with E-state index in [2.05, 4.69) is 44.8 Å². The predicted octanol–water partition coefficient (Wildman–Crippen LogP) is 2.24. The van der Waals surface area contributed by atoms with Gasteiger partial charge in [0.05, 0.1) is 18.8 Å². The molecule has 5 unspecified atom stereocenters. The molecule has 2 saturated heterocycles. The van der Waals surface area contributed by atoms with Crippen molar-refractivity contribution < 1.29 is 9.53 Å². The lowest BCUT2D eigenvalue weighted by molar-refractivity contribution is -0.134. The Morgan fingerprint density at radius 1 is 1.35 bits per heavy atom. The normalized spacial score (nSPS) is 34.0. The van der Waals surface area contributed by atoms with Crippen LogP contribution in [0.4, 0.5) is 0 Å². The number of carbonyl (C=O) groups excluding carboxylic acids is 1. The lowest BCUT2D eigenvalue weighted by Crippen LogP contribution is -2.49. The Balaban J connectivity index is 2.16. The molecule has 2 heterocycles. The lowest BCUT2D eigenvalue weighted by atomic mass is 9.96. The second kappa shape index (κ2) is 6.44. The van der Waals surface area contributed by atoms with Crippen LogP contribution in [0.5, 0.6) is 0 Å². The molecule has 0 aromatic rings. The average Bonchev–Trinajstić information content (AvgIpc) is 3.04. The first kappa shape index (κ1) is 15.8. The topological polar surface area (TPSA) is 41.6 Å². The van der Waals surface area contributed by atoms with E-state index in [0.29, 0.717) is 17.8 Å². The average molecular weight is 282 g/mol. The third-order valence-corrected chi connectivity index (χ3v) is 5.10. The maximum Gasteiger partial charge on any atom is 0.241 e. The van der Waals surface area contributed by atoms with Crippen LogP contribution in [0.3, 0.4) is 0 Å². The minimum Gasteiger partial charge on any atom is -0.381 e. The monoisotopic (exact) mass is 282 g/mol. The summed E-state index contributed by atoms with van der Waals surface area (Å²) in [7, 11) is 0. The van der Waals surface area contributed by atoms with Crippen molar-refractivity contribution in [1.82, 2.24) is 10.2 Å². The van der Waals surface area contributed by atoms with Crippen LogP contribution in [0.25, 0.3) is 0 Å². The molecule has 2 aliphatic rings. The molecule has 2 rings (SSSR count). The number of ether oxygens (including phenoxy) is 1. The summed E-state index contributed by atoms with van der Waals surface area (Å²) in [6.07, 6.45) is 2.27. The summed E-state index contributed by atoms with van der Waals surface area (Å²) in [4.78, 5) is 15.0. The first-order chi connectivity index (χ1) is 9.47. The molecule has 1 amide bonds. The molecule has 0 bridgehead atoms. The molecule has 0 aromatic heterocycles. The van der Waals surface area contributed by atoms with E-state index in [-0.39, 0.29) is 24.2 Å². The van der Waals surface area contributed by atoms with E-state index in [0.717, 1.165) is 26.1 Å². The third kappa shape index (κ3) is 2.86. The molecule has 4 nitrogen and oxygen atoms in total. The van der Waals surface area contributed by atoms with Crippen molar-refractivity contribution in [3.8, 4) is 0 Å². The molecule has 0 spiro atoms. The Bertz CT molecular complexity index is 339. The second-order valence-electron chi connectivity index (χ2n) is 6.83. The van der Waals surface area contributed by atoms with E-state index in [1.165, 1.54) is 0 Å². The molecule has 1 N–H and O–H groups in total. The molecule has 0 aliphatic carbocycles. The first-order valence-corrected chi connectivity index (χ1v) is 8.13. The zero-order valence-electron chi connectivity index (χ0n) is 13.6. The molecule has 20 heavy (non-hydrogen) atoms. The molecule has 5 atom stereocenters. The van der Waals surface area contributed by atoms with Gasteiger partial charge in [0.2, 0.25) is 5.91 Å². The number of amides is 1. The highest BCUT2D eigenvalue weighted by Gasteiger charge is 2.46. The van der Waals surface area contributed by atoms with E-state index in [9.17, 15) is 4.79 Å². The van der Waals surface area contributed by atoms with Gasteiger partial charge in [-0.15, -0.1) is 0 Å². The predicted molar refractivity (Wildman–Crippen MR) is 80.2 cm³/mol. The standard InChI is InChI=1S/C16H30N2O2/c1-6-11(4)14-16(19)18(15(17-14)10(2)3)12(5)13-7-8-20-9-13/h10-15,17H,6-9H2,1-5H3. The third-order valence-electron chi connectivity index (χ3n) is 5.10. The van der Waals surface area contributed by atoms with Crippen molar-refractivity contribution in [2.24, 2.45) is 17.8 Å². The Morgan fingerprint density at radius 2 is 2.05 bits per heavy atom. The van der Waals surface area contributed by atoms with Crippen LogP contribution in [0.1, 0.15) is 47.5 Å². The summed E-state index contributed by atoms with van der Waals surface area (Å²) in [6, 6.07) is 0.246. The Hall–Kier alpha value is -0.610. The highest BCUT2D eigenvalue weighted by atomic mass is 16.5. The number of hydrogen-bond donors (Lipinski definition) is 1. The minimum atomic E-state index is -0.0165. The molecular weight excluding hydrogens is 252 g/mol.